The van der Waals surface area contributed by atoms with Crippen molar-refractivity contribution in [3.8, 4) is 22.2 Å². The number of methoxy groups -OCH3 is 2. The lowest BCUT2D eigenvalue weighted by atomic mass is 10.2. The van der Waals surface area contributed by atoms with Gasteiger partial charge in [-0.2, -0.15) is 0 Å². The van der Waals surface area contributed by atoms with Gasteiger partial charge in [-0.3, -0.25) is 5.32 Å². The van der Waals surface area contributed by atoms with E-state index in [-0.39, 0.29) is 18.1 Å². The quantitative estimate of drug-likeness (QED) is 0.215. The molecule has 1 amide bonds. The van der Waals surface area contributed by atoms with Crippen molar-refractivity contribution in [2.75, 3.05) is 26.1 Å². The van der Waals surface area contributed by atoms with Crippen LogP contribution < -0.4 is 14.8 Å². The minimum Gasteiger partial charge on any atom is -0.484 e. The highest BCUT2D eigenvalue weighted by atomic mass is 35.5. The average Bonchev–Trinajstić information content (AvgIpc) is 3.37. The number of rotatable bonds is 8. The number of hydrogen-bond acceptors (Lipinski definition) is 11. The topological polar surface area (TPSA) is 135 Å². The van der Waals surface area contributed by atoms with Crippen LogP contribution in [0.5, 0.6) is 11.6 Å². The van der Waals surface area contributed by atoms with Crippen molar-refractivity contribution in [3.05, 3.63) is 65.3 Å². The number of anilines is 1. The summed E-state index contributed by atoms with van der Waals surface area (Å²) in [5.41, 5.74) is 2.59. The number of carbonyl (C=O) groups excluding carboxylic acids is 2. The lowest BCUT2D eigenvalue weighted by Gasteiger charge is -2.15. The van der Waals surface area contributed by atoms with E-state index in [9.17, 15) is 14.0 Å². The summed E-state index contributed by atoms with van der Waals surface area (Å²) in [6.45, 7) is 1.47. The van der Waals surface area contributed by atoms with E-state index in [1.54, 1.807) is 25.1 Å². The molecule has 0 radical (unpaired) electrons. The van der Waals surface area contributed by atoms with Gasteiger partial charge in [0.1, 0.15) is 23.4 Å². The second-order valence-electron chi connectivity index (χ2n) is 8.58. The first-order valence-electron chi connectivity index (χ1n) is 12.0. The van der Waals surface area contributed by atoms with Crippen LogP contribution in [0.2, 0.25) is 5.02 Å². The zero-order chi connectivity index (χ0) is 29.1. The predicted octanol–water partition coefficient (Wildman–Crippen LogP) is 5.91. The number of hydrogen-bond donors (Lipinski definition) is 1. The number of ether oxygens (including phenoxy) is 4. The van der Waals surface area contributed by atoms with Gasteiger partial charge in [0.05, 0.1) is 53.6 Å². The number of pyridine rings is 1. The third kappa shape index (κ3) is 6.26. The van der Waals surface area contributed by atoms with Gasteiger partial charge >= 0.3 is 12.1 Å². The molecule has 14 heteroatoms. The summed E-state index contributed by atoms with van der Waals surface area (Å²) in [7, 11) is 2.74. The minimum absolute atomic E-state index is 0.0210. The van der Waals surface area contributed by atoms with Gasteiger partial charge in [0.25, 0.3) is 0 Å². The highest BCUT2D eigenvalue weighted by Crippen LogP contribution is 2.38. The second-order valence-corrected chi connectivity index (χ2v) is 10.0. The summed E-state index contributed by atoms with van der Waals surface area (Å²) >= 11 is 7.64. The van der Waals surface area contributed by atoms with E-state index < -0.39 is 24.0 Å². The molecular weight excluding hydrogens is 577 g/mol. The van der Waals surface area contributed by atoms with Crippen LogP contribution in [0.3, 0.4) is 0 Å². The van der Waals surface area contributed by atoms with Crippen molar-refractivity contribution < 1.29 is 32.9 Å². The third-order valence-electron chi connectivity index (χ3n) is 5.65. The van der Waals surface area contributed by atoms with E-state index in [2.05, 4.69) is 30.0 Å². The van der Waals surface area contributed by atoms with E-state index in [1.807, 2.05) is 0 Å². The van der Waals surface area contributed by atoms with Crippen LogP contribution in [0.4, 0.5) is 14.9 Å². The van der Waals surface area contributed by atoms with Gasteiger partial charge in [-0.15, -0.1) is 11.3 Å². The molecule has 41 heavy (non-hydrogen) atoms. The predicted molar refractivity (Wildman–Crippen MR) is 150 cm³/mol. The molecule has 0 unspecified atom stereocenters. The van der Waals surface area contributed by atoms with Gasteiger partial charge in [0.15, 0.2) is 11.6 Å². The van der Waals surface area contributed by atoms with E-state index >= 15 is 0 Å². The van der Waals surface area contributed by atoms with Crippen LogP contribution in [0, 0.1) is 5.82 Å². The van der Waals surface area contributed by atoms with Crippen molar-refractivity contribution in [3.63, 3.8) is 0 Å². The Balaban J connectivity index is 1.27. The Kier molecular flexibility index (Phi) is 8.08. The molecule has 0 saturated carbocycles. The number of fused-ring (bicyclic) bond motifs is 2. The summed E-state index contributed by atoms with van der Waals surface area (Å²) < 4.78 is 36.2. The van der Waals surface area contributed by atoms with Gasteiger partial charge in [0, 0.05) is 22.7 Å². The smallest absolute Gasteiger partial charge is 0.411 e. The molecule has 11 nitrogen and oxygen atoms in total. The Labute approximate surface area is 241 Å². The molecule has 1 N–H and O–H groups in total. The Bertz CT molecular complexity index is 1770. The van der Waals surface area contributed by atoms with Gasteiger partial charge in [0.2, 0.25) is 5.88 Å². The Morgan fingerprint density at radius 1 is 1.07 bits per heavy atom. The van der Waals surface area contributed by atoms with E-state index in [4.69, 9.17) is 25.8 Å². The SMILES string of the molecule is COC(=O)c1ccc(NC(=O)OC[C@H](C)Oc2cc3sc(-c4cc(Cl)cc5nc(OC)cnc45)nc3cc2F)cn1. The zero-order valence-electron chi connectivity index (χ0n) is 21.8. The first kappa shape index (κ1) is 27.9. The lowest BCUT2D eigenvalue weighted by molar-refractivity contribution is 0.0594. The maximum Gasteiger partial charge on any atom is 0.411 e. The fourth-order valence-corrected chi connectivity index (χ4v) is 4.97. The highest BCUT2D eigenvalue weighted by molar-refractivity contribution is 7.21. The van der Waals surface area contributed by atoms with Crippen LogP contribution in [-0.4, -0.2) is 58.9 Å². The summed E-state index contributed by atoms with van der Waals surface area (Å²) in [5.74, 6) is -0.894. The summed E-state index contributed by atoms with van der Waals surface area (Å²) in [6.07, 6.45) is 1.34. The molecule has 2 aromatic carbocycles. The number of nitrogens with one attached hydrogen (secondary N) is 1. The monoisotopic (exact) mass is 597 g/mol. The Morgan fingerprint density at radius 2 is 1.90 bits per heavy atom. The summed E-state index contributed by atoms with van der Waals surface area (Å²) in [5, 5.41) is 3.50. The molecule has 0 spiro atoms. The number of thiazole rings is 1. The van der Waals surface area contributed by atoms with E-state index in [0.717, 1.165) is 0 Å². The van der Waals surface area contributed by atoms with Crippen LogP contribution in [0.15, 0.2) is 48.8 Å². The number of amides is 1. The van der Waals surface area contributed by atoms with E-state index in [0.29, 0.717) is 48.4 Å². The average molecular weight is 598 g/mol. The largest absolute Gasteiger partial charge is 0.484 e. The molecule has 0 saturated heterocycles. The fraction of sp³-hybridized carbons (Fsp3) is 0.185. The molecule has 3 heterocycles. The standard InChI is InChI=1S/C27H21ClFN5O6S/c1-13(12-39-27(36)32-15-4-5-18(30-10-15)26(35)38-3)40-21-9-22-19(8-17(21)29)34-25(41-22)16-6-14(28)7-20-24(16)31-11-23(33-20)37-2/h4-11,13H,12H2,1-3H3,(H,32,36)/t13-/m0/s1. The lowest BCUT2D eigenvalue weighted by Crippen LogP contribution is -2.24. The van der Waals surface area contributed by atoms with Crippen LogP contribution in [-0.2, 0) is 9.47 Å². The molecule has 0 bridgehead atoms. The van der Waals surface area contributed by atoms with Crippen molar-refractivity contribution >= 4 is 61.9 Å². The third-order valence-corrected chi connectivity index (χ3v) is 6.92. The molecule has 0 aliphatic heterocycles. The Hall–Kier alpha value is -4.62. The fourth-order valence-electron chi connectivity index (χ4n) is 3.76. The highest BCUT2D eigenvalue weighted by Gasteiger charge is 2.18. The second kappa shape index (κ2) is 11.9. The molecular formula is C27H21ClFN5O6S. The van der Waals surface area contributed by atoms with Gasteiger partial charge in [-0.25, -0.2) is 33.9 Å². The summed E-state index contributed by atoms with van der Waals surface area (Å²) in [6, 6.07) is 9.09. The summed E-state index contributed by atoms with van der Waals surface area (Å²) in [4.78, 5) is 40.9. The maximum atomic E-state index is 14.9. The molecule has 0 aliphatic rings. The van der Waals surface area contributed by atoms with Crippen molar-refractivity contribution in [2.24, 2.45) is 0 Å². The first-order chi connectivity index (χ1) is 19.7. The molecule has 0 aliphatic carbocycles. The van der Waals surface area contributed by atoms with Crippen molar-refractivity contribution in [2.45, 2.75) is 13.0 Å². The molecule has 210 valence electrons. The molecule has 1 atom stereocenters. The molecule has 5 rings (SSSR count). The van der Waals surface area contributed by atoms with E-state index in [1.165, 1.54) is 56.1 Å². The van der Waals surface area contributed by atoms with Crippen molar-refractivity contribution in [1.29, 1.82) is 0 Å². The normalized spacial score (nSPS) is 11.7. The number of benzene rings is 2. The van der Waals surface area contributed by atoms with Crippen LogP contribution in [0.25, 0.3) is 31.8 Å². The van der Waals surface area contributed by atoms with Crippen LogP contribution >= 0.6 is 22.9 Å². The Morgan fingerprint density at radius 3 is 2.63 bits per heavy atom. The molecule has 0 fully saturated rings. The number of esters is 1. The van der Waals surface area contributed by atoms with Gasteiger partial charge in [-0.05, 0) is 31.2 Å². The number of halogens is 2. The molecule has 5 aromatic rings. The van der Waals surface area contributed by atoms with Crippen LogP contribution in [0.1, 0.15) is 17.4 Å². The number of nitrogens with zero attached hydrogens (tertiary/aromatic N) is 4. The van der Waals surface area contributed by atoms with Crippen molar-refractivity contribution in [1.82, 2.24) is 19.9 Å². The molecule has 3 aromatic heterocycles. The zero-order valence-corrected chi connectivity index (χ0v) is 23.4. The van der Waals surface area contributed by atoms with Gasteiger partial charge < -0.3 is 18.9 Å². The first-order valence-corrected chi connectivity index (χ1v) is 13.2. The number of carbonyl (C=O) groups is 2. The minimum atomic E-state index is -0.773. The van der Waals surface area contributed by atoms with Gasteiger partial charge in [-0.1, -0.05) is 11.6 Å². The number of aromatic nitrogens is 4. The maximum absolute atomic E-state index is 14.9.